The molecule has 0 bridgehead atoms. The van der Waals surface area contributed by atoms with E-state index in [0.717, 1.165) is 24.8 Å². The maximum atomic E-state index is 10.7. The third-order valence-corrected chi connectivity index (χ3v) is 2.27. The van der Waals surface area contributed by atoms with Gasteiger partial charge in [-0.3, -0.25) is 4.79 Å². The SMILES string of the molecule is C=C1CC(O)CCCC1OC(C)=O. The highest BCUT2D eigenvalue weighted by Gasteiger charge is 2.22. The van der Waals surface area contributed by atoms with Gasteiger partial charge in [0.05, 0.1) is 6.10 Å². The zero-order valence-electron chi connectivity index (χ0n) is 7.95. The first-order valence-corrected chi connectivity index (χ1v) is 4.62. The second-order valence-corrected chi connectivity index (χ2v) is 3.55. The van der Waals surface area contributed by atoms with Gasteiger partial charge in [-0.15, -0.1) is 0 Å². The van der Waals surface area contributed by atoms with Crippen LogP contribution in [-0.2, 0) is 9.53 Å². The van der Waals surface area contributed by atoms with Crippen molar-refractivity contribution in [3.05, 3.63) is 12.2 Å². The van der Waals surface area contributed by atoms with E-state index in [9.17, 15) is 9.90 Å². The van der Waals surface area contributed by atoms with Crippen LogP contribution in [0.3, 0.4) is 0 Å². The van der Waals surface area contributed by atoms with Crippen molar-refractivity contribution in [1.82, 2.24) is 0 Å². The maximum absolute atomic E-state index is 10.7. The lowest BCUT2D eigenvalue weighted by Gasteiger charge is -2.16. The number of aliphatic hydroxyl groups excluding tert-OH is 1. The van der Waals surface area contributed by atoms with E-state index in [-0.39, 0.29) is 18.2 Å². The molecular formula is C10H16O3. The highest BCUT2D eigenvalue weighted by atomic mass is 16.5. The zero-order chi connectivity index (χ0) is 9.84. The molecule has 0 aromatic carbocycles. The maximum Gasteiger partial charge on any atom is 0.303 e. The highest BCUT2D eigenvalue weighted by molar-refractivity contribution is 5.66. The number of hydrogen-bond acceptors (Lipinski definition) is 3. The topological polar surface area (TPSA) is 46.5 Å². The lowest BCUT2D eigenvalue weighted by Crippen LogP contribution is -2.18. The van der Waals surface area contributed by atoms with Crippen molar-refractivity contribution in [2.24, 2.45) is 0 Å². The number of esters is 1. The molecule has 0 heterocycles. The van der Waals surface area contributed by atoms with Gasteiger partial charge in [-0.05, 0) is 31.3 Å². The van der Waals surface area contributed by atoms with Gasteiger partial charge in [-0.25, -0.2) is 0 Å². The molecule has 3 heteroatoms. The van der Waals surface area contributed by atoms with E-state index >= 15 is 0 Å². The second-order valence-electron chi connectivity index (χ2n) is 3.55. The van der Waals surface area contributed by atoms with Crippen LogP contribution in [0.1, 0.15) is 32.6 Å². The van der Waals surface area contributed by atoms with Gasteiger partial charge in [-0.1, -0.05) is 6.58 Å². The van der Waals surface area contributed by atoms with Crippen molar-refractivity contribution in [3.8, 4) is 0 Å². The minimum Gasteiger partial charge on any atom is -0.458 e. The number of ether oxygens (including phenoxy) is 1. The summed E-state index contributed by atoms with van der Waals surface area (Å²) in [6.45, 7) is 5.22. The number of aliphatic hydroxyl groups is 1. The molecule has 0 radical (unpaired) electrons. The molecule has 3 nitrogen and oxygen atoms in total. The van der Waals surface area contributed by atoms with Gasteiger partial charge < -0.3 is 9.84 Å². The van der Waals surface area contributed by atoms with E-state index in [1.165, 1.54) is 6.92 Å². The summed E-state index contributed by atoms with van der Waals surface area (Å²) in [6, 6.07) is 0. The molecule has 1 saturated carbocycles. The van der Waals surface area contributed by atoms with Crippen molar-refractivity contribution in [2.75, 3.05) is 0 Å². The largest absolute Gasteiger partial charge is 0.458 e. The Morgan fingerprint density at radius 1 is 1.62 bits per heavy atom. The van der Waals surface area contributed by atoms with E-state index in [1.807, 2.05) is 0 Å². The third kappa shape index (κ3) is 3.19. The van der Waals surface area contributed by atoms with Gasteiger partial charge in [0.2, 0.25) is 0 Å². The van der Waals surface area contributed by atoms with E-state index in [0.29, 0.717) is 6.42 Å². The lowest BCUT2D eigenvalue weighted by molar-refractivity contribution is -0.144. The molecule has 0 aromatic rings. The molecule has 0 saturated heterocycles. The standard InChI is InChI=1S/C10H16O3/c1-7-6-9(12)4-3-5-10(7)13-8(2)11/h9-10,12H,1,3-6H2,2H3. The molecule has 1 aliphatic rings. The molecule has 2 atom stereocenters. The molecule has 0 amide bonds. The van der Waals surface area contributed by atoms with Crippen LogP contribution < -0.4 is 0 Å². The first-order valence-electron chi connectivity index (χ1n) is 4.62. The van der Waals surface area contributed by atoms with Crippen LogP contribution in [0.25, 0.3) is 0 Å². The fourth-order valence-corrected chi connectivity index (χ4v) is 1.62. The Labute approximate surface area is 78.4 Å². The minimum atomic E-state index is -0.312. The highest BCUT2D eigenvalue weighted by Crippen LogP contribution is 2.24. The van der Waals surface area contributed by atoms with Crippen LogP contribution in [0.5, 0.6) is 0 Å². The number of hydrogen-bond donors (Lipinski definition) is 1. The van der Waals surface area contributed by atoms with E-state index in [4.69, 9.17) is 4.74 Å². The summed E-state index contributed by atoms with van der Waals surface area (Å²) in [5.74, 6) is -0.275. The van der Waals surface area contributed by atoms with Gasteiger partial charge >= 0.3 is 5.97 Å². The molecule has 74 valence electrons. The number of carbonyl (C=O) groups excluding carboxylic acids is 1. The Morgan fingerprint density at radius 3 is 2.92 bits per heavy atom. The molecule has 13 heavy (non-hydrogen) atoms. The van der Waals surface area contributed by atoms with Crippen LogP contribution in [0.15, 0.2) is 12.2 Å². The molecule has 1 aliphatic carbocycles. The molecule has 2 unspecified atom stereocenters. The molecular weight excluding hydrogens is 168 g/mol. The number of carbonyl (C=O) groups is 1. The van der Waals surface area contributed by atoms with Gasteiger partial charge in [-0.2, -0.15) is 0 Å². The molecule has 1 N–H and O–H groups in total. The van der Waals surface area contributed by atoms with E-state index < -0.39 is 0 Å². The Morgan fingerprint density at radius 2 is 2.31 bits per heavy atom. The van der Waals surface area contributed by atoms with Crippen molar-refractivity contribution >= 4 is 5.97 Å². The zero-order valence-corrected chi connectivity index (χ0v) is 7.95. The van der Waals surface area contributed by atoms with Crippen LogP contribution in [0.2, 0.25) is 0 Å². The first kappa shape index (κ1) is 10.3. The predicted molar refractivity (Wildman–Crippen MR) is 49.2 cm³/mol. The summed E-state index contributed by atoms with van der Waals surface area (Å²) in [4.78, 5) is 10.7. The Bertz CT molecular complexity index is 210. The summed E-state index contributed by atoms with van der Waals surface area (Å²) in [7, 11) is 0. The first-order chi connectivity index (χ1) is 6.09. The predicted octanol–water partition coefficient (Wildman–Crippen LogP) is 1.41. The van der Waals surface area contributed by atoms with Crippen LogP contribution >= 0.6 is 0 Å². The summed E-state index contributed by atoms with van der Waals surface area (Å²) in [5, 5.41) is 9.41. The normalized spacial score (nSPS) is 29.5. The van der Waals surface area contributed by atoms with Crippen molar-refractivity contribution in [2.45, 2.75) is 44.8 Å². The van der Waals surface area contributed by atoms with Crippen LogP contribution in [0, 0.1) is 0 Å². The van der Waals surface area contributed by atoms with Gasteiger partial charge in [0.1, 0.15) is 6.10 Å². The summed E-state index contributed by atoms with van der Waals surface area (Å²) in [6.07, 6.45) is 2.50. The summed E-state index contributed by atoms with van der Waals surface area (Å²) < 4.78 is 5.08. The number of rotatable bonds is 1. The smallest absolute Gasteiger partial charge is 0.303 e. The molecule has 0 aromatic heterocycles. The molecule has 0 spiro atoms. The van der Waals surface area contributed by atoms with Gasteiger partial charge in [0, 0.05) is 6.92 Å². The fourth-order valence-electron chi connectivity index (χ4n) is 1.62. The van der Waals surface area contributed by atoms with Crippen molar-refractivity contribution in [1.29, 1.82) is 0 Å². The minimum absolute atomic E-state index is 0.186. The average molecular weight is 184 g/mol. The monoisotopic (exact) mass is 184 g/mol. The Balaban J connectivity index is 2.53. The molecule has 1 rings (SSSR count). The second kappa shape index (κ2) is 4.42. The third-order valence-electron chi connectivity index (χ3n) is 2.27. The van der Waals surface area contributed by atoms with Crippen LogP contribution in [0.4, 0.5) is 0 Å². The van der Waals surface area contributed by atoms with E-state index in [1.54, 1.807) is 0 Å². The van der Waals surface area contributed by atoms with Crippen molar-refractivity contribution < 1.29 is 14.6 Å². The lowest BCUT2D eigenvalue weighted by atomic mass is 10.1. The Kier molecular flexibility index (Phi) is 3.48. The molecule has 0 aliphatic heterocycles. The van der Waals surface area contributed by atoms with Crippen molar-refractivity contribution in [3.63, 3.8) is 0 Å². The average Bonchev–Trinajstić information content (AvgIpc) is 2.13. The van der Waals surface area contributed by atoms with Crippen LogP contribution in [-0.4, -0.2) is 23.3 Å². The molecule has 1 fully saturated rings. The van der Waals surface area contributed by atoms with Gasteiger partial charge in [0.25, 0.3) is 0 Å². The van der Waals surface area contributed by atoms with Gasteiger partial charge in [0.15, 0.2) is 0 Å². The Hall–Kier alpha value is -0.830. The van der Waals surface area contributed by atoms with E-state index in [2.05, 4.69) is 6.58 Å². The summed E-state index contributed by atoms with van der Waals surface area (Å²) >= 11 is 0. The summed E-state index contributed by atoms with van der Waals surface area (Å²) in [5.41, 5.74) is 0.834. The quantitative estimate of drug-likeness (QED) is 0.381. The fraction of sp³-hybridized carbons (Fsp3) is 0.700.